The molecule has 27 heavy (non-hydrogen) atoms. The lowest BCUT2D eigenvalue weighted by molar-refractivity contribution is -0.154. The number of aliphatic hydroxyl groups excluding tert-OH is 1. The van der Waals surface area contributed by atoms with Gasteiger partial charge in [0.15, 0.2) is 0 Å². The van der Waals surface area contributed by atoms with E-state index in [4.69, 9.17) is 0 Å². The Morgan fingerprint density at radius 2 is 1.81 bits per heavy atom. The van der Waals surface area contributed by atoms with Crippen LogP contribution >= 0.6 is 0 Å². The van der Waals surface area contributed by atoms with E-state index in [1.54, 1.807) is 23.1 Å². The Morgan fingerprint density at radius 3 is 2.41 bits per heavy atom. The Hall–Kier alpha value is -2.71. The molecule has 1 aliphatic heterocycles. The van der Waals surface area contributed by atoms with E-state index in [-0.39, 0.29) is 30.2 Å². The highest BCUT2D eigenvalue weighted by atomic mass is 19.1. The van der Waals surface area contributed by atoms with E-state index in [0.717, 1.165) is 24.8 Å². The second-order valence-corrected chi connectivity index (χ2v) is 7.29. The van der Waals surface area contributed by atoms with Crippen LogP contribution in [0.4, 0.5) is 4.39 Å². The molecule has 138 valence electrons. The van der Waals surface area contributed by atoms with E-state index in [2.05, 4.69) is 6.07 Å². The van der Waals surface area contributed by atoms with Crippen LogP contribution in [0.1, 0.15) is 30.7 Å². The van der Waals surface area contributed by atoms with Crippen LogP contribution in [0.2, 0.25) is 0 Å². The minimum atomic E-state index is -0.636. The summed E-state index contributed by atoms with van der Waals surface area (Å²) in [5.74, 6) is -0.732. The van der Waals surface area contributed by atoms with Gasteiger partial charge in [-0.2, -0.15) is 5.26 Å². The number of hydrogen-bond donors (Lipinski definition) is 1. The minimum Gasteiger partial charge on any atom is -0.394 e. The maximum Gasteiger partial charge on any atom is 0.227 e. The predicted molar refractivity (Wildman–Crippen MR) is 99.0 cm³/mol. The van der Waals surface area contributed by atoms with Crippen molar-refractivity contribution >= 4 is 5.91 Å². The molecule has 3 atom stereocenters. The zero-order valence-electron chi connectivity index (χ0n) is 14.9. The molecule has 1 heterocycles. The Balaban J connectivity index is 1.72. The number of amides is 1. The summed E-state index contributed by atoms with van der Waals surface area (Å²) < 4.78 is 14.4. The van der Waals surface area contributed by atoms with Gasteiger partial charge in [-0.3, -0.25) is 4.79 Å². The summed E-state index contributed by atoms with van der Waals surface area (Å²) in [4.78, 5) is 14.3. The van der Waals surface area contributed by atoms with Gasteiger partial charge in [-0.25, -0.2) is 4.39 Å². The van der Waals surface area contributed by atoms with Crippen molar-refractivity contribution in [3.05, 3.63) is 59.9 Å². The molecule has 1 saturated heterocycles. The smallest absolute Gasteiger partial charge is 0.227 e. The highest BCUT2D eigenvalue weighted by molar-refractivity contribution is 5.83. The quantitative estimate of drug-likeness (QED) is 0.903. The topological polar surface area (TPSA) is 64.3 Å². The number of hydrogen-bond acceptors (Lipinski definition) is 3. The van der Waals surface area contributed by atoms with Gasteiger partial charge < -0.3 is 10.0 Å². The molecule has 4 nitrogen and oxygen atoms in total. The zero-order chi connectivity index (χ0) is 19.0. The van der Waals surface area contributed by atoms with Crippen molar-refractivity contribution < 1.29 is 14.3 Å². The summed E-state index contributed by atoms with van der Waals surface area (Å²) in [5.41, 5.74) is 1.96. The SMILES string of the molecule is N#C[C@H]1[C@H](c2ccccc2-c2ccccc2F)[C@H](CO)N1C(=O)C1CCC1. The first-order chi connectivity index (χ1) is 13.2. The van der Waals surface area contributed by atoms with Crippen molar-refractivity contribution in [2.24, 2.45) is 5.92 Å². The molecule has 0 spiro atoms. The fourth-order valence-corrected chi connectivity index (χ4v) is 4.26. The Bertz CT molecular complexity index is 903. The van der Waals surface area contributed by atoms with Crippen LogP contribution in [0.5, 0.6) is 0 Å². The second-order valence-electron chi connectivity index (χ2n) is 7.29. The summed E-state index contributed by atoms with van der Waals surface area (Å²) in [7, 11) is 0. The molecule has 0 aromatic heterocycles. The van der Waals surface area contributed by atoms with Crippen molar-refractivity contribution in [2.75, 3.05) is 6.61 Å². The average Bonchev–Trinajstić information content (AvgIpc) is 2.61. The fraction of sp³-hybridized carbons (Fsp3) is 0.364. The molecular weight excluding hydrogens is 343 g/mol. The third-order valence-electron chi connectivity index (χ3n) is 5.92. The van der Waals surface area contributed by atoms with Crippen molar-refractivity contribution in [1.82, 2.24) is 4.90 Å². The molecule has 2 aromatic rings. The number of rotatable bonds is 4. The van der Waals surface area contributed by atoms with E-state index >= 15 is 0 Å². The van der Waals surface area contributed by atoms with E-state index in [0.29, 0.717) is 11.1 Å². The second kappa shape index (κ2) is 7.13. The van der Waals surface area contributed by atoms with Crippen molar-refractivity contribution in [3.8, 4) is 17.2 Å². The first-order valence-corrected chi connectivity index (χ1v) is 9.34. The molecule has 0 bridgehead atoms. The Labute approximate surface area is 157 Å². The van der Waals surface area contributed by atoms with Gasteiger partial charge in [0.2, 0.25) is 5.91 Å². The summed E-state index contributed by atoms with van der Waals surface area (Å²) in [5, 5.41) is 19.7. The Kier molecular flexibility index (Phi) is 4.67. The highest BCUT2D eigenvalue weighted by Crippen LogP contribution is 2.46. The molecule has 0 unspecified atom stereocenters. The van der Waals surface area contributed by atoms with Gasteiger partial charge >= 0.3 is 0 Å². The number of nitrogens with zero attached hydrogens (tertiary/aromatic N) is 2. The standard InChI is InChI=1S/C22H21FN2O2/c23-18-11-4-3-9-16(18)15-8-1-2-10-17(15)21-19(12-24)25(20(21)13-26)22(27)14-6-5-7-14/h1-4,8-11,14,19-21,26H,5-7,13H2/t19-,20-,21-/m0/s1. The third kappa shape index (κ3) is 2.81. The van der Waals surface area contributed by atoms with E-state index in [1.807, 2.05) is 24.3 Å². The van der Waals surface area contributed by atoms with Gasteiger partial charge in [0.05, 0.1) is 18.7 Å². The molecule has 2 aromatic carbocycles. The summed E-state index contributed by atoms with van der Waals surface area (Å²) in [6.07, 6.45) is 2.73. The van der Waals surface area contributed by atoms with Gasteiger partial charge in [0, 0.05) is 17.4 Å². The van der Waals surface area contributed by atoms with Crippen LogP contribution < -0.4 is 0 Å². The largest absolute Gasteiger partial charge is 0.394 e. The zero-order valence-corrected chi connectivity index (χ0v) is 14.9. The predicted octanol–water partition coefficient (Wildman–Crippen LogP) is 3.47. The maximum absolute atomic E-state index is 14.4. The number of carbonyl (C=O) groups is 1. The van der Waals surface area contributed by atoms with Gasteiger partial charge in [0.1, 0.15) is 11.9 Å². The summed E-state index contributed by atoms with van der Waals surface area (Å²) >= 11 is 0. The average molecular weight is 364 g/mol. The first-order valence-electron chi connectivity index (χ1n) is 9.34. The summed E-state index contributed by atoms with van der Waals surface area (Å²) in [6.45, 7) is -0.215. The van der Waals surface area contributed by atoms with Gasteiger partial charge in [0.25, 0.3) is 0 Å². The molecule has 0 radical (unpaired) electrons. The van der Waals surface area contributed by atoms with Crippen LogP contribution in [0.15, 0.2) is 48.5 Å². The molecule has 5 heteroatoms. The number of aliphatic hydroxyl groups is 1. The van der Waals surface area contributed by atoms with Crippen LogP contribution in [0.25, 0.3) is 11.1 Å². The van der Waals surface area contributed by atoms with Crippen LogP contribution in [-0.4, -0.2) is 34.6 Å². The number of likely N-dealkylation sites (tertiary alicyclic amines) is 1. The lowest BCUT2D eigenvalue weighted by atomic mass is 9.71. The molecule has 1 amide bonds. The molecule has 2 fully saturated rings. The van der Waals surface area contributed by atoms with E-state index in [1.165, 1.54) is 6.07 Å². The number of nitriles is 1. The Morgan fingerprint density at radius 1 is 1.15 bits per heavy atom. The number of benzene rings is 2. The molecule has 1 N–H and O–H groups in total. The van der Waals surface area contributed by atoms with Gasteiger partial charge in [-0.15, -0.1) is 0 Å². The number of halogens is 1. The van der Waals surface area contributed by atoms with Crippen LogP contribution in [0, 0.1) is 23.1 Å². The van der Waals surface area contributed by atoms with E-state index in [9.17, 15) is 19.6 Å². The maximum atomic E-state index is 14.4. The van der Waals surface area contributed by atoms with Gasteiger partial charge in [-0.1, -0.05) is 48.9 Å². The van der Waals surface area contributed by atoms with E-state index < -0.39 is 12.1 Å². The lowest BCUT2D eigenvalue weighted by Gasteiger charge is -2.53. The first kappa shape index (κ1) is 17.7. The van der Waals surface area contributed by atoms with Crippen LogP contribution in [-0.2, 0) is 4.79 Å². The molecule has 2 aliphatic rings. The third-order valence-corrected chi connectivity index (χ3v) is 5.92. The highest BCUT2D eigenvalue weighted by Gasteiger charge is 2.53. The minimum absolute atomic E-state index is 0.0299. The van der Waals surface area contributed by atoms with Gasteiger partial charge in [-0.05, 0) is 30.0 Å². The van der Waals surface area contributed by atoms with Crippen molar-refractivity contribution in [1.29, 1.82) is 5.26 Å². The summed E-state index contributed by atoms with van der Waals surface area (Å²) in [6, 6.07) is 15.0. The monoisotopic (exact) mass is 364 g/mol. The molecule has 1 saturated carbocycles. The molecule has 4 rings (SSSR count). The number of carbonyl (C=O) groups excluding carboxylic acids is 1. The van der Waals surface area contributed by atoms with Crippen LogP contribution in [0.3, 0.4) is 0 Å². The fourth-order valence-electron chi connectivity index (χ4n) is 4.26. The molecular formula is C22H21FN2O2. The lowest BCUT2D eigenvalue weighted by Crippen LogP contribution is -2.66. The normalized spacial score (nSPS) is 24.6. The van der Waals surface area contributed by atoms with Crippen molar-refractivity contribution in [3.63, 3.8) is 0 Å². The molecule has 1 aliphatic carbocycles. The van der Waals surface area contributed by atoms with Crippen molar-refractivity contribution in [2.45, 2.75) is 37.3 Å².